The molecule has 0 radical (unpaired) electrons. The van der Waals surface area contributed by atoms with Gasteiger partial charge in [-0.3, -0.25) is 4.68 Å². The summed E-state index contributed by atoms with van der Waals surface area (Å²) in [5.41, 5.74) is 1.16. The Kier molecular flexibility index (Phi) is 2.27. The van der Waals surface area contributed by atoms with Crippen LogP contribution in [0.1, 0.15) is 32.7 Å². The van der Waals surface area contributed by atoms with Gasteiger partial charge in [0.2, 0.25) is 0 Å². The molecule has 0 amide bonds. The molecule has 3 heteroatoms. The first-order chi connectivity index (χ1) is 7.74. The number of allylic oxidation sites excluding steroid dienone is 1. The van der Waals surface area contributed by atoms with E-state index in [4.69, 9.17) is 0 Å². The zero-order valence-corrected chi connectivity index (χ0v) is 9.93. The minimum absolute atomic E-state index is 0.441. The molecular formula is C13H19N3. The molecular weight excluding hydrogens is 198 g/mol. The molecule has 1 heterocycles. The van der Waals surface area contributed by atoms with Crippen LogP contribution in [0.5, 0.6) is 0 Å². The molecule has 1 aromatic heterocycles. The maximum absolute atomic E-state index is 4.35. The number of rotatable bonds is 3. The average Bonchev–Trinajstić information content (AvgIpc) is 2.80. The Morgan fingerprint density at radius 3 is 3.06 bits per heavy atom. The first kappa shape index (κ1) is 9.94. The lowest BCUT2D eigenvalue weighted by Crippen LogP contribution is -2.43. The summed E-state index contributed by atoms with van der Waals surface area (Å²) < 4.78 is 2.00. The summed E-state index contributed by atoms with van der Waals surface area (Å²) in [6.07, 6.45) is 11.3. The van der Waals surface area contributed by atoms with Crippen LogP contribution >= 0.6 is 0 Å². The van der Waals surface area contributed by atoms with Gasteiger partial charge in [-0.25, -0.2) is 0 Å². The fourth-order valence-corrected chi connectivity index (χ4v) is 2.79. The highest BCUT2D eigenvalue weighted by Crippen LogP contribution is 2.43. The van der Waals surface area contributed by atoms with Gasteiger partial charge >= 0.3 is 0 Å². The molecule has 86 valence electrons. The van der Waals surface area contributed by atoms with Crippen molar-refractivity contribution in [3.63, 3.8) is 0 Å². The zero-order valence-electron chi connectivity index (χ0n) is 9.93. The average molecular weight is 217 g/mol. The molecule has 1 aromatic rings. The highest BCUT2D eigenvalue weighted by Gasteiger charge is 2.40. The van der Waals surface area contributed by atoms with Gasteiger partial charge in [-0.2, -0.15) is 5.10 Å². The van der Waals surface area contributed by atoms with Crippen molar-refractivity contribution in [1.29, 1.82) is 0 Å². The summed E-state index contributed by atoms with van der Waals surface area (Å²) in [5.74, 6) is 1.68. The summed E-state index contributed by atoms with van der Waals surface area (Å²) in [6.45, 7) is 4.30. The Balaban J connectivity index is 1.64. The second-order valence-electron chi connectivity index (χ2n) is 5.29. The fraction of sp³-hybridized carbons (Fsp3) is 0.615. The molecule has 2 aliphatic carbocycles. The van der Waals surface area contributed by atoms with E-state index in [1.165, 1.54) is 12.8 Å². The van der Waals surface area contributed by atoms with Gasteiger partial charge in [-0.15, -0.1) is 0 Å². The van der Waals surface area contributed by atoms with Crippen LogP contribution in [0.25, 0.3) is 0 Å². The minimum Gasteiger partial charge on any atom is -0.379 e. The number of hydrogen-bond acceptors (Lipinski definition) is 2. The lowest BCUT2D eigenvalue weighted by molar-refractivity contribution is 0.218. The third kappa shape index (κ3) is 1.55. The van der Waals surface area contributed by atoms with Crippen molar-refractivity contribution in [2.75, 3.05) is 5.32 Å². The Hall–Kier alpha value is -1.25. The van der Waals surface area contributed by atoms with E-state index in [0.717, 1.165) is 17.5 Å². The molecule has 3 nitrogen and oxygen atoms in total. The summed E-state index contributed by atoms with van der Waals surface area (Å²) in [5, 5.41) is 7.94. The van der Waals surface area contributed by atoms with Gasteiger partial charge in [-0.1, -0.05) is 12.2 Å². The Bertz CT molecular complexity index is 405. The maximum atomic E-state index is 4.35. The van der Waals surface area contributed by atoms with Crippen molar-refractivity contribution in [3.05, 3.63) is 24.5 Å². The van der Waals surface area contributed by atoms with Gasteiger partial charge in [0.25, 0.3) is 0 Å². The topological polar surface area (TPSA) is 29.9 Å². The normalized spacial score (nSPS) is 31.6. The predicted molar refractivity (Wildman–Crippen MR) is 65.4 cm³/mol. The van der Waals surface area contributed by atoms with E-state index in [1.807, 2.05) is 10.9 Å². The van der Waals surface area contributed by atoms with E-state index >= 15 is 0 Å². The number of hydrogen-bond donors (Lipinski definition) is 1. The number of anilines is 1. The van der Waals surface area contributed by atoms with Crippen LogP contribution in [-0.2, 0) is 0 Å². The second kappa shape index (κ2) is 3.65. The molecule has 16 heavy (non-hydrogen) atoms. The monoisotopic (exact) mass is 217 g/mol. The molecule has 0 spiro atoms. The van der Waals surface area contributed by atoms with Gasteiger partial charge in [0.15, 0.2) is 0 Å². The van der Waals surface area contributed by atoms with E-state index in [1.54, 1.807) is 0 Å². The Morgan fingerprint density at radius 1 is 1.50 bits per heavy atom. The molecule has 0 aliphatic heterocycles. The van der Waals surface area contributed by atoms with Crippen LogP contribution in [0, 0.1) is 11.8 Å². The van der Waals surface area contributed by atoms with Crippen LogP contribution in [0.3, 0.4) is 0 Å². The predicted octanol–water partition coefficient (Wildman–Crippen LogP) is 2.84. The van der Waals surface area contributed by atoms with Gasteiger partial charge in [0.1, 0.15) is 0 Å². The zero-order chi connectivity index (χ0) is 11.1. The molecule has 3 unspecified atom stereocenters. The molecule has 1 N–H and O–H groups in total. The van der Waals surface area contributed by atoms with Crippen molar-refractivity contribution in [2.45, 2.75) is 38.8 Å². The van der Waals surface area contributed by atoms with E-state index in [-0.39, 0.29) is 0 Å². The van der Waals surface area contributed by atoms with Gasteiger partial charge in [-0.05, 0) is 32.6 Å². The van der Waals surface area contributed by atoms with Gasteiger partial charge in [0, 0.05) is 24.2 Å². The summed E-state index contributed by atoms with van der Waals surface area (Å²) in [6, 6.07) is 1.07. The van der Waals surface area contributed by atoms with E-state index in [9.17, 15) is 0 Å². The van der Waals surface area contributed by atoms with Gasteiger partial charge < -0.3 is 5.32 Å². The van der Waals surface area contributed by atoms with Crippen LogP contribution in [0.4, 0.5) is 5.69 Å². The van der Waals surface area contributed by atoms with Crippen molar-refractivity contribution < 1.29 is 0 Å². The van der Waals surface area contributed by atoms with Crippen LogP contribution in [-0.4, -0.2) is 15.8 Å². The van der Waals surface area contributed by atoms with E-state index < -0.39 is 0 Å². The lowest BCUT2D eigenvalue weighted by Gasteiger charge is -2.40. The molecule has 0 saturated heterocycles. The Morgan fingerprint density at radius 2 is 2.38 bits per heavy atom. The summed E-state index contributed by atoms with van der Waals surface area (Å²) in [4.78, 5) is 0. The first-order valence-corrected chi connectivity index (χ1v) is 6.21. The minimum atomic E-state index is 0.441. The SMILES string of the molecule is CC(C)n1cc(NC2CC3CC=CC32)cn1. The van der Waals surface area contributed by atoms with Crippen LogP contribution < -0.4 is 5.32 Å². The molecule has 3 rings (SSSR count). The summed E-state index contributed by atoms with van der Waals surface area (Å²) >= 11 is 0. The lowest BCUT2D eigenvalue weighted by atomic mass is 9.71. The first-order valence-electron chi connectivity index (χ1n) is 6.21. The molecule has 3 atom stereocenters. The Labute approximate surface area is 96.5 Å². The largest absolute Gasteiger partial charge is 0.379 e. The smallest absolute Gasteiger partial charge is 0.0728 e. The molecule has 0 bridgehead atoms. The van der Waals surface area contributed by atoms with Crippen molar-refractivity contribution in [2.24, 2.45) is 11.8 Å². The quantitative estimate of drug-likeness (QED) is 0.789. The van der Waals surface area contributed by atoms with E-state index in [0.29, 0.717) is 12.1 Å². The van der Waals surface area contributed by atoms with Crippen LogP contribution in [0.2, 0.25) is 0 Å². The third-order valence-corrected chi connectivity index (χ3v) is 3.85. The molecule has 2 aliphatic rings. The van der Waals surface area contributed by atoms with Crippen molar-refractivity contribution >= 4 is 5.69 Å². The van der Waals surface area contributed by atoms with Crippen LogP contribution in [0.15, 0.2) is 24.5 Å². The highest BCUT2D eigenvalue weighted by molar-refractivity contribution is 5.41. The maximum Gasteiger partial charge on any atom is 0.0728 e. The van der Waals surface area contributed by atoms with E-state index in [2.05, 4.69) is 42.6 Å². The standard InChI is InChI=1S/C13H19N3/c1-9(2)16-8-11(7-14-16)15-13-6-10-4-3-5-12(10)13/h3,5,7-10,12-13,15H,4,6H2,1-2H3. The van der Waals surface area contributed by atoms with Gasteiger partial charge in [0.05, 0.1) is 11.9 Å². The molecule has 1 fully saturated rings. The van der Waals surface area contributed by atoms with Crippen molar-refractivity contribution in [3.8, 4) is 0 Å². The number of aromatic nitrogens is 2. The number of fused-ring (bicyclic) bond motifs is 1. The number of nitrogens with one attached hydrogen (secondary N) is 1. The fourth-order valence-electron chi connectivity index (χ4n) is 2.79. The third-order valence-electron chi connectivity index (χ3n) is 3.85. The van der Waals surface area contributed by atoms with Crippen molar-refractivity contribution in [1.82, 2.24) is 9.78 Å². The number of nitrogens with zero attached hydrogens (tertiary/aromatic N) is 2. The second-order valence-corrected chi connectivity index (χ2v) is 5.29. The highest BCUT2D eigenvalue weighted by atomic mass is 15.3. The summed E-state index contributed by atoms with van der Waals surface area (Å²) in [7, 11) is 0. The molecule has 1 saturated carbocycles. The molecule has 0 aromatic carbocycles.